The molecule has 1 aromatic carbocycles. The molecule has 4 nitrogen and oxygen atoms in total. The maximum Gasteiger partial charge on any atom is 0.501 e. The number of halogens is 3. The normalized spacial score (nSPS) is 12.7. The van der Waals surface area contributed by atoms with E-state index in [-0.39, 0.29) is 11.4 Å². The Hall–Kier alpha value is -1.44. The van der Waals surface area contributed by atoms with Crippen molar-refractivity contribution >= 4 is 21.2 Å². The molecule has 0 amide bonds. The lowest BCUT2D eigenvalue weighted by atomic mass is 10.3. The molecule has 4 N–H and O–H groups in total. The Morgan fingerprint density at radius 2 is 1.40 bits per heavy atom. The molecule has 0 radical (unpaired) electrons. The number of sulfone groups is 1. The van der Waals surface area contributed by atoms with Crippen molar-refractivity contribution in [3.8, 4) is 0 Å². The second kappa shape index (κ2) is 3.30. The van der Waals surface area contributed by atoms with Crippen LogP contribution < -0.4 is 11.5 Å². The largest absolute Gasteiger partial charge is 0.501 e. The third-order valence-electron chi connectivity index (χ3n) is 1.57. The molecule has 0 bridgehead atoms. The topological polar surface area (TPSA) is 86.2 Å². The third kappa shape index (κ3) is 2.14. The molecule has 0 fully saturated rings. The Morgan fingerprint density at radius 3 is 1.73 bits per heavy atom. The lowest BCUT2D eigenvalue weighted by Crippen LogP contribution is -2.23. The number of hydrogen-bond acceptors (Lipinski definition) is 4. The van der Waals surface area contributed by atoms with Gasteiger partial charge in [0.05, 0.1) is 4.90 Å². The summed E-state index contributed by atoms with van der Waals surface area (Å²) in [6.45, 7) is 0. The summed E-state index contributed by atoms with van der Waals surface area (Å²) in [7, 11) is -5.38. The average Bonchev–Trinajstić information content (AvgIpc) is 1.99. The Bertz CT molecular complexity index is 461. The van der Waals surface area contributed by atoms with Gasteiger partial charge in [0.15, 0.2) is 0 Å². The lowest BCUT2D eigenvalue weighted by molar-refractivity contribution is -0.0435. The fraction of sp³-hybridized carbons (Fsp3) is 0.143. The zero-order valence-corrected chi connectivity index (χ0v) is 8.06. The maximum atomic E-state index is 12.1. The van der Waals surface area contributed by atoms with Crippen LogP contribution in [0.2, 0.25) is 0 Å². The lowest BCUT2D eigenvalue weighted by Gasteiger charge is -2.09. The van der Waals surface area contributed by atoms with Crippen LogP contribution in [0.5, 0.6) is 0 Å². The summed E-state index contributed by atoms with van der Waals surface area (Å²) in [6.07, 6.45) is 0. The minimum absolute atomic E-state index is 0.141. The molecule has 0 saturated heterocycles. The van der Waals surface area contributed by atoms with Crippen LogP contribution in [0.15, 0.2) is 23.1 Å². The highest BCUT2D eigenvalue weighted by Crippen LogP contribution is 2.31. The maximum absolute atomic E-state index is 12.1. The number of alkyl halides is 3. The van der Waals surface area contributed by atoms with Gasteiger partial charge in [-0.2, -0.15) is 13.2 Å². The van der Waals surface area contributed by atoms with Crippen LogP contribution in [0.4, 0.5) is 24.5 Å². The van der Waals surface area contributed by atoms with Gasteiger partial charge in [-0.15, -0.1) is 0 Å². The molecule has 0 atom stereocenters. The van der Waals surface area contributed by atoms with E-state index in [0.717, 1.165) is 6.07 Å². The van der Waals surface area contributed by atoms with E-state index in [1.165, 1.54) is 0 Å². The first-order valence-electron chi connectivity index (χ1n) is 3.62. The van der Waals surface area contributed by atoms with E-state index in [2.05, 4.69) is 0 Å². The first-order chi connectivity index (χ1) is 6.64. The third-order valence-corrected chi connectivity index (χ3v) is 3.03. The molecule has 1 rings (SSSR count). The molecule has 0 unspecified atom stereocenters. The van der Waals surface area contributed by atoms with Crippen molar-refractivity contribution in [3.63, 3.8) is 0 Å². The number of benzene rings is 1. The Balaban J connectivity index is 3.41. The molecule has 8 heteroatoms. The molecule has 0 aliphatic heterocycles. The zero-order chi connectivity index (χ0) is 11.9. The van der Waals surface area contributed by atoms with Crippen LogP contribution in [-0.2, 0) is 9.84 Å². The van der Waals surface area contributed by atoms with Gasteiger partial charge in [-0.1, -0.05) is 0 Å². The van der Waals surface area contributed by atoms with Crippen molar-refractivity contribution in [1.29, 1.82) is 0 Å². The minimum atomic E-state index is -5.38. The molecule has 84 valence electrons. The van der Waals surface area contributed by atoms with E-state index >= 15 is 0 Å². The van der Waals surface area contributed by atoms with Gasteiger partial charge in [-0.05, 0) is 18.2 Å². The van der Waals surface area contributed by atoms with Crippen molar-refractivity contribution in [2.75, 3.05) is 11.5 Å². The molecular formula is C7H7F3N2O2S. The molecule has 0 saturated carbocycles. The highest BCUT2D eigenvalue weighted by molar-refractivity contribution is 7.92. The number of anilines is 2. The molecule has 0 aliphatic rings. The Kier molecular flexibility index (Phi) is 2.56. The van der Waals surface area contributed by atoms with E-state index < -0.39 is 20.2 Å². The quantitative estimate of drug-likeness (QED) is 0.721. The predicted molar refractivity (Wildman–Crippen MR) is 48.5 cm³/mol. The van der Waals surface area contributed by atoms with Gasteiger partial charge in [0.25, 0.3) is 9.84 Å². The van der Waals surface area contributed by atoms with E-state index in [1.807, 2.05) is 0 Å². The summed E-state index contributed by atoms with van der Waals surface area (Å²) < 4.78 is 58.2. The van der Waals surface area contributed by atoms with Crippen LogP contribution in [-0.4, -0.2) is 13.9 Å². The van der Waals surface area contributed by atoms with Gasteiger partial charge < -0.3 is 11.5 Å². The summed E-state index contributed by atoms with van der Waals surface area (Å²) in [5.74, 6) is 0. The molecule has 0 heterocycles. The number of rotatable bonds is 1. The SMILES string of the molecule is Nc1cc(N)cc(S(=O)(=O)C(F)(F)F)c1. The van der Waals surface area contributed by atoms with Gasteiger partial charge in [0.1, 0.15) is 0 Å². The van der Waals surface area contributed by atoms with Crippen LogP contribution >= 0.6 is 0 Å². The summed E-state index contributed by atoms with van der Waals surface area (Å²) in [5, 5.41) is 0. The van der Waals surface area contributed by atoms with E-state index in [9.17, 15) is 21.6 Å². The molecule has 15 heavy (non-hydrogen) atoms. The van der Waals surface area contributed by atoms with Gasteiger partial charge >= 0.3 is 5.51 Å². The van der Waals surface area contributed by atoms with Gasteiger partial charge in [-0.25, -0.2) is 8.42 Å². The fourth-order valence-corrected chi connectivity index (χ4v) is 1.78. The highest BCUT2D eigenvalue weighted by Gasteiger charge is 2.47. The standard InChI is InChI=1S/C7H7F3N2O2S/c8-7(9,10)15(13,14)6-2-4(11)1-5(12)3-6/h1-3H,11-12H2. The fourth-order valence-electron chi connectivity index (χ4n) is 0.935. The molecule has 0 aromatic heterocycles. The van der Waals surface area contributed by atoms with Crippen molar-refractivity contribution in [2.45, 2.75) is 10.4 Å². The summed E-state index contributed by atoms with van der Waals surface area (Å²) in [6, 6.07) is 2.58. The van der Waals surface area contributed by atoms with Crippen LogP contribution in [0.3, 0.4) is 0 Å². The van der Waals surface area contributed by atoms with Crippen molar-refractivity contribution in [3.05, 3.63) is 18.2 Å². The number of nitrogen functional groups attached to an aromatic ring is 2. The second-order valence-corrected chi connectivity index (χ2v) is 4.73. The molecule has 0 spiro atoms. The average molecular weight is 240 g/mol. The van der Waals surface area contributed by atoms with Crippen LogP contribution in [0.1, 0.15) is 0 Å². The second-order valence-electron chi connectivity index (χ2n) is 2.78. The predicted octanol–water partition coefficient (Wildman–Crippen LogP) is 1.14. The van der Waals surface area contributed by atoms with Crippen LogP contribution in [0, 0.1) is 0 Å². The Morgan fingerprint density at radius 1 is 1.00 bits per heavy atom. The summed E-state index contributed by atoms with van der Waals surface area (Å²) in [4.78, 5) is -0.951. The summed E-state index contributed by atoms with van der Waals surface area (Å²) in [5.41, 5.74) is 4.74. The van der Waals surface area contributed by atoms with E-state index in [4.69, 9.17) is 11.5 Å². The first-order valence-corrected chi connectivity index (χ1v) is 5.10. The van der Waals surface area contributed by atoms with Crippen molar-refractivity contribution in [2.24, 2.45) is 0 Å². The van der Waals surface area contributed by atoms with Crippen molar-refractivity contribution < 1.29 is 21.6 Å². The van der Waals surface area contributed by atoms with Crippen LogP contribution in [0.25, 0.3) is 0 Å². The molecular weight excluding hydrogens is 233 g/mol. The van der Waals surface area contributed by atoms with Crippen molar-refractivity contribution in [1.82, 2.24) is 0 Å². The highest BCUT2D eigenvalue weighted by atomic mass is 32.2. The number of hydrogen-bond donors (Lipinski definition) is 2. The zero-order valence-electron chi connectivity index (χ0n) is 7.25. The minimum Gasteiger partial charge on any atom is -0.399 e. The Labute approximate surface area is 83.6 Å². The van der Waals surface area contributed by atoms with E-state index in [1.54, 1.807) is 0 Å². The molecule has 0 aliphatic carbocycles. The van der Waals surface area contributed by atoms with Gasteiger partial charge in [-0.3, -0.25) is 0 Å². The first kappa shape index (κ1) is 11.6. The van der Waals surface area contributed by atoms with Gasteiger partial charge in [0, 0.05) is 11.4 Å². The molecule has 1 aromatic rings. The monoisotopic (exact) mass is 240 g/mol. The summed E-state index contributed by atoms with van der Waals surface area (Å²) >= 11 is 0. The number of nitrogens with two attached hydrogens (primary N) is 2. The smallest absolute Gasteiger partial charge is 0.399 e. The van der Waals surface area contributed by atoms with Gasteiger partial charge in [0.2, 0.25) is 0 Å². The van der Waals surface area contributed by atoms with E-state index in [0.29, 0.717) is 12.1 Å².